The van der Waals surface area contributed by atoms with E-state index in [1.54, 1.807) is 33.6 Å². The van der Waals surface area contributed by atoms with E-state index in [0.29, 0.717) is 0 Å². The van der Waals surface area contributed by atoms with Crippen LogP contribution in [-0.4, -0.2) is 0 Å². The predicted octanol–water partition coefficient (Wildman–Crippen LogP) is -6.05. The molecule has 0 aliphatic heterocycles. The van der Waals surface area contributed by atoms with Gasteiger partial charge in [-0.1, -0.05) is 0 Å². The van der Waals surface area contributed by atoms with Gasteiger partial charge in [0.25, 0.3) is 0 Å². The quantitative estimate of drug-likeness (QED) is 0.401. The molecule has 0 nitrogen and oxygen atoms in total. The third-order valence-electron chi connectivity index (χ3n) is 1.83. The Bertz CT molecular complexity index is 176. The van der Waals surface area contributed by atoms with Gasteiger partial charge in [-0.3, -0.25) is 0 Å². The number of unbranched alkanes of at least 4 members (excludes halogenated alkanes) is 1. The zero-order valence-electron chi connectivity index (χ0n) is 7.62. The van der Waals surface area contributed by atoms with Crippen LogP contribution in [0, 0.1) is 0 Å². The van der Waals surface area contributed by atoms with Gasteiger partial charge in [0.15, 0.2) is 0 Å². The molecule has 74 valence electrons. The van der Waals surface area contributed by atoms with Crippen molar-refractivity contribution in [2.24, 2.45) is 0 Å². The topological polar surface area (TPSA) is 0 Å². The second-order valence-electron chi connectivity index (χ2n) is 2.71. The van der Waals surface area contributed by atoms with Crippen LogP contribution in [0.4, 0.5) is 0 Å². The van der Waals surface area contributed by atoms with Crippen molar-refractivity contribution < 1.29 is 75.7 Å². The summed E-state index contributed by atoms with van der Waals surface area (Å²) >= 11 is 1.61. The molecule has 1 aliphatic rings. The number of rotatable bonds is 3. The van der Waals surface area contributed by atoms with E-state index in [2.05, 4.69) is 19.1 Å². The van der Waals surface area contributed by atoms with Crippen LogP contribution in [0.1, 0.15) is 32.6 Å². The average Bonchev–Trinajstić information content (AvgIpc) is 2.31. The molecule has 0 amide bonds. The SMILES string of the molecule is CCCCC1=[C]([Zr+3])CC=C1.[Br-].[Br-].[Br-]. The van der Waals surface area contributed by atoms with Gasteiger partial charge in [-0.05, 0) is 0 Å². The van der Waals surface area contributed by atoms with Crippen LogP contribution >= 0.6 is 0 Å². The summed E-state index contributed by atoms with van der Waals surface area (Å²) in [6.07, 6.45) is 9.82. The maximum absolute atomic E-state index is 2.31. The fraction of sp³-hybridized carbons (Fsp3) is 0.556. The van der Waals surface area contributed by atoms with E-state index in [1.165, 1.54) is 25.7 Å². The van der Waals surface area contributed by atoms with Gasteiger partial charge < -0.3 is 50.9 Å². The standard InChI is InChI=1S/C9H13.3BrH.Zr/c1-2-3-6-9-7-4-5-8-9;;;;/h4,7H,2-3,5-6H2,1H3;3*1H;/q;;;;+3/p-3. The van der Waals surface area contributed by atoms with E-state index in [1.807, 2.05) is 0 Å². The van der Waals surface area contributed by atoms with Crippen LogP contribution in [0.2, 0.25) is 0 Å². The Kier molecular flexibility index (Phi) is 18.5. The largest absolute Gasteiger partial charge is 1.00 e. The second-order valence-corrected chi connectivity index (χ2v) is 4.20. The van der Waals surface area contributed by atoms with Crippen LogP contribution in [0.15, 0.2) is 21.0 Å². The van der Waals surface area contributed by atoms with Crippen LogP contribution in [0.25, 0.3) is 0 Å². The van der Waals surface area contributed by atoms with Crippen molar-refractivity contribution in [3.63, 3.8) is 0 Å². The summed E-state index contributed by atoms with van der Waals surface area (Å²) < 4.78 is 1.67. The molecule has 0 heterocycles. The van der Waals surface area contributed by atoms with Crippen molar-refractivity contribution in [1.82, 2.24) is 0 Å². The number of allylic oxidation sites excluding steroid dienone is 4. The zero-order chi connectivity index (χ0) is 7.40. The van der Waals surface area contributed by atoms with Gasteiger partial charge in [0.1, 0.15) is 0 Å². The maximum atomic E-state index is 2.31. The zero-order valence-corrected chi connectivity index (χ0v) is 14.8. The molecule has 0 radical (unpaired) electrons. The molecular weight excluding hydrogens is 439 g/mol. The first-order chi connectivity index (χ1) is 4.84. The summed E-state index contributed by atoms with van der Waals surface area (Å²) in [6.45, 7) is 2.25. The van der Waals surface area contributed by atoms with Crippen LogP contribution in [0.5, 0.6) is 0 Å². The summed E-state index contributed by atoms with van der Waals surface area (Å²) in [4.78, 5) is 0. The van der Waals surface area contributed by atoms with Crippen LogP contribution in [-0.2, 0) is 24.7 Å². The predicted molar refractivity (Wildman–Crippen MR) is 40.3 cm³/mol. The third-order valence-corrected chi connectivity index (χ3v) is 3.12. The number of halogens is 3. The Hall–Kier alpha value is 1.80. The average molecular weight is 452 g/mol. The molecule has 13 heavy (non-hydrogen) atoms. The molecule has 1 rings (SSSR count). The van der Waals surface area contributed by atoms with Gasteiger partial charge in [0.05, 0.1) is 0 Å². The van der Waals surface area contributed by atoms with Gasteiger partial charge in [-0.2, -0.15) is 0 Å². The molecule has 0 spiro atoms. The van der Waals surface area contributed by atoms with Crippen molar-refractivity contribution >= 4 is 0 Å². The molecule has 0 aromatic heterocycles. The Morgan fingerprint density at radius 2 is 1.92 bits per heavy atom. The molecule has 0 saturated carbocycles. The van der Waals surface area contributed by atoms with E-state index >= 15 is 0 Å². The Morgan fingerprint density at radius 1 is 1.31 bits per heavy atom. The fourth-order valence-corrected chi connectivity index (χ4v) is 1.95. The van der Waals surface area contributed by atoms with Crippen molar-refractivity contribution in [2.75, 3.05) is 0 Å². The monoisotopic (exact) mass is 448 g/mol. The summed E-state index contributed by atoms with van der Waals surface area (Å²) in [5.41, 5.74) is 1.63. The second kappa shape index (κ2) is 11.9. The molecule has 0 saturated heterocycles. The molecule has 0 N–H and O–H groups in total. The van der Waals surface area contributed by atoms with Crippen molar-refractivity contribution in [3.05, 3.63) is 21.0 Å². The smallest absolute Gasteiger partial charge is 1.00 e. The summed E-state index contributed by atoms with van der Waals surface area (Å²) in [5, 5.41) is 0. The van der Waals surface area contributed by atoms with E-state index in [0.717, 1.165) is 0 Å². The molecule has 0 atom stereocenters. The Balaban J connectivity index is -0.000000333. The molecule has 4 heteroatoms. The van der Waals surface area contributed by atoms with Crippen LogP contribution in [0.3, 0.4) is 0 Å². The minimum atomic E-state index is 0. The Labute approximate surface area is 128 Å². The minimum absolute atomic E-state index is 0. The fourth-order valence-electron chi connectivity index (χ4n) is 1.15. The first kappa shape index (κ1) is 20.2. The van der Waals surface area contributed by atoms with Gasteiger partial charge >= 0.3 is 78.3 Å². The van der Waals surface area contributed by atoms with Gasteiger partial charge in [-0.25, -0.2) is 0 Å². The van der Waals surface area contributed by atoms with Crippen molar-refractivity contribution in [1.29, 1.82) is 0 Å². The number of hydrogen-bond acceptors (Lipinski definition) is 0. The Morgan fingerprint density at radius 3 is 2.31 bits per heavy atom. The molecule has 1 aliphatic carbocycles. The first-order valence-corrected chi connectivity index (χ1v) is 5.17. The summed E-state index contributed by atoms with van der Waals surface area (Å²) in [7, 11) is 0. The summed E-state index contributed by atoms with van der Waals surface area (Å²) in [5.74, 6) is 0. The number of hydrogen-bond donors (Lipinski definition) is 0. The first-order valence-electron chi connectivity index (χ1n) is 3.94. The van der Waals surface area contributed by atoms with Gasteiger partial charge in [0, 0.05) is 0 Å². The summed E-state index contributed by atoms with van der Waals surface area (Å²) in [6, 6.07) is 0. The van der Waals surface area contributed by atoms with E-state index < -0.39 is 0 Å². The molecule has 0 bridgehead atoms. The van der Waals surface area contributed by atoms with E-state index in [9.17, 15) is 0 Å². The molecular formula is C9H13Br3Zr. The van der Waals surface area contributed by atoms with Gasteiger partial charge in [0.2, 0.25) is 0 Å². The van der Waals surface area contributed by atoms with Crippen molar-refractivity contribution in [2.45, 2.75) is 32.6 Å². The third kappa shape index (κ3) is 7.70. The van der Waals surface area contributed by atoms with E-state index in [4.69, 9.17) is 0 Å². The molecule has 0 unspecified atom stereocenters. The van der Waals surface area contributed by atoms with Crippen LogP contribution < -0.4 is 50.9 Å². The molecule has 0 fully saturated rings. The maximum Gasteiger partial charge on any atom is -1.00 e. The van der Waals surface area contributed by atoms with E-state index in [-0.39, 0.29) is 50.9 Å². The normalized spacial score (nSPS) is 13.2. The molecule has 0 aromatic carbocycles. The van der Waals surface area contributed by atoms with Gasteiger partial charge in [-0.15, -0.1) is 0 Å². The minimum Gasteiger partial charge on any atom is -1.00 e. The van der Waals surface area contributed by atoms with Crippen molar-refractivity contribution in [3.8, 4) is 0 Å². The molecule has 0 aromatic rings.